The maximum absolute atomic E-state index is 13.5. The smallest absolute Gasteiger partial charge is 0.217 e. The molecule has 8 heteroatoms. The molecule has 1 aromatic rings. The third-order valence-corrected chi connectivity index (χ3v) is 5.72. The van der Waals surface area contributed by atoms with Crippen LogP contribution in [0.5, 0.6) is 0 Å². The van der Waals surface area contributed by atoms with Gasteiger partial charge in [-0.1, -0.05) is 23.2 Å². The number of rotatable bonds is 4. The highest BCUT2D eigenvalue weighted by molar-refractivity contribution is 7.90. The van der Waals surface area contributed by atoms with E-state index < -0.39 is 27.1 Å². The molecule has 0 unspecified atom stereocenters. The van der Waals surface area contributed by atoms with Gasteiger partial charge in [-0.05, 0) is 31.0 Å². The normalized spacial score (nSPS) is 21.1. The van der Waals surface area contributed by atoms with Crippen molar-refractivity contribution < 1.29 is 17.5 Å². The van der Waals surface area contributed by atoms with Gasteiger partial charge in [0.25, 0.3) is 0 Å². The maximum Gasteiger partial charge on any atom is 0.217 e. The summed E-state index contributed by atoms with van der Waals surface area (Å²) in [5.41, 5.74) is 0.344. The standard InChI is InChI=1S/C12H14Cl2FNO3S/c1-7(9-4-12(15)11(14)5-10(9)13)16-20(17,18)8-2-3-19-6-8/h4-5,7-8,16H,2-3,6H2,1H3/t7-,8-/m1/s1. The van der Waals surface area contributed by atoms with Crippen molar-refractivity contribution in [2.24, 2.45) is 0 Å². The Morgan fingerprint density at radius 2 is 2.10 bits per heavy atom. The molecule has 1 aliphatic rings. The van der Waals surface area contributed by atoms with Gasteiger partial charge in [-0.3, -0.25) is 0 Å². The SMILES string of the molecule is C[C@@H](NS(=O)(=O)[C@@H]1CCOC1)c1cc(F)c(Cl)cc1Cl. The minimum absolute atomic E-state index is 0.0991. The Morgan fingerprint density at radius 3 is 2.70 bits per heavy atom. The molecule has 1 N–H and O–H groups in total. The fourth-order valence-electron chi connectivity index (χ4n) is 2.03. The van der Waals surface area contributed by atoms with Gasteiger partial charge in [-0.25, -0.2) is 17.5 Å². The molecule has 1 aromatic carbocycles. The van der Waals surface area contributed by atoms with Crippen LogP contribution in [0.4, 0.5) is 4.39 Å². The van der Waals surface area contributed by atoms with Crippen LogP contribution in [-0.4, -0.2) is 26.9 Å². The lowest BCUT2D eigenvalue weighted by molar-refractivity contribution is 0.198. The van der Waals surface area contributed by atoms with E-state index in [0.29, 0.717) is 18.6 Å². The Kier molecular flexibility index (Phi) is 4.92. The van der Waals surface area contributed by atoms with Gasteiger partial charge >= 0.3 is 0 Å². The van der Waals surface area contributed by atoms with Gasteiger partial charge in [0.1, 0.15) is 11.1 Å². The van der Waals surface area contributed by atoms with E-state index in [0.717, 1.165) is 6.07 Å². The summed E-state index contributed by atoms with van der Waals surface area (Å²) in [6.45, 7) is 2.20. The summed E-state index contributed by atoms with van der Waals surface area (Å²) in [4.78, 5) is 0. The number of ether oxygens (including phenoxy) is 1. The van der Waals surface area contributed by atoms with Crippen LogP contribution >= 0.6 is 23.2 Å². The zero-order chi connectivity index (χ0) is 14.9. The van der Waals surface area contributed by atoms with Crippen LogP contribution in [-0.2, 0) is 14.8 Å². The Bertz CT molecular complexity index is 603. The Hall–Kier alpha value is -0.400. The van der Waals surface area contributed by atoms with Gasteiger partial charge in [-0.2, -0.15) is 0 Å². The molecule has 1 aliphatic heterocycles. The zero-order valence-electron chi connectivity index (χ0n) is 10.7. The summed E-state index contributed by atoms with van der Waals surface area (Å²) in [6, 6.07) is 1.75. The highest BCUT2D eigenvalue weighted by Gasteiger charge is 2.31. The molecule has 0 bridgehead atoms. The monoisotopic (exact) mass is 341 g/mol. The lowest BCUT2D eigenvalue weighted by atomic mass is 10.1. The van der Waals surface area contributed by atoms with Gasteiger partial charge in [0.05, 0.1) is 11.6 Å². The van der Waals surface area contributed by atoms with E-state index in [1.165, 1.54) is 6.07 Å². The molecule has 0 aromatic heterocycles. The molecule has 0 amide bonds. The van der Waals surface area contributed by atoms with Crippen molar-refractivity contribution in [3.05, 3.63) is 33.6 Å². The Labute approximate surface area is 127 Å². The first-order valence-corrected chi connectivity index (χ1v) is 8.35. The first-order chi connectivity index (χ1) is 9.31. The lowest BCUT2D eigenvalue weighted by Gasteiger charge is -2.18. The third-order valence-electron chi connectivity index (χ3n) is 3.17. The molecule has 4 nitrogen and oxygen atoms in total. The van der Waals surface area contributed by atoms with Crippen LogP contribution in [0.2, 0.25) is 10.0 Å². The van der Waals surface area contributed by atoms with Gasteiger partial charge in [0.2, 0.25) is 10.0 Å². The van der Waals surface area contributed by atoms with Gasteiger partial charge in [-0.15, -0.1) is 0 Å². The molecule has 0 saturated carbocycles. The minimum Gasteiger partial charge on any atom is -0.380 e. The van der Waals surface area contributed by atoms with Crippen LogP contribution in [0.15, 0.2) is 12.1 Å². The number of benzene rings is 1. The molecule has 0 radical (unpaired) electrons. The van der Waals surface area contributed by atoms with Crippen LogP contribution < -0.4 is 4.72 Å². The van der Waals surface area contributed by atoms with Crippen LogP contribution in [0, 0.1) is 5.82 Å². The van der Waals surface area contributed by atoms with Crippen molar-refractivity contribution in [1.82, 2.24) is 4.72 Å². The van der Waals surface area contributed by atoms with Crippen LogP contribution in [0.1, 0.15) is 24.9 Å². The van der Waals surface area contributed by atoms with Crippen LogP contribution in [0.25, 0.3) is 0 Å². The fourth-order valence-corrected chi connectivity index (χ4v) is 4.07. The first-order valence-electron chi connectivity index (χ1n) is 6.04. The largest absolute Gasteiger partial charge is 0.380 e. The van der Waals surface area contributed by atoms with Gasteiger partial charge in [0, 0.05) is 17.7 Å². The summed E-state index contributed by atoms with van der Waals surface area (Å²) >= 11 is 11.6. The third kappa shape index (κ3) is 3.43. The average molecular weight is 342 g/mol. The molecular weight excluding hydrogens is 328 g/mol. The highest BCUT2D eigenvalue weighted by atomic mass is 35.5. The topological polar surface area (TPSA) is 55.4 Å². The second-order valence-corrected chi connectivity index (χ2v) is 7.46. The molecule has 0 spiro atoms. The molecule has 2 rings (SSSR count). The second-order valence-electron chi connectivity index (χ2n) is 4.66. The van der Waals surface area contributed by atoms with Crippen molar-refractivity contribution in [1.29, 1.82) is 0 Å². The molecular formula is C12H14Cl2FNO3S. The molecule has 0 aliphatic carbocycles. The van der Waals surface area contributed by atoms with Crippen molar-refractivity contribution in [3.63, 3.8) is 0 Å². The van der Waals surface area contributed by atoms with E-state index in [2.05, 4.69) is 4.72 Å². The van der Waals surface area contributed by atoms with Crippen molar-refractivity contribution in [2.75, 3.05) is 13.2 Å². The van der Waals surface area contributed by atoms with E-state index in [1.54, 1.807) is 6.92 Å². The number of sulfonamides is 1. The molecule has 20 heavy (non-hydrogen) atoms. The molecule has 1 saturated heterocycles. The van der Waals surface area contributed by atoms with Crippen molar-refractivity contribution in [3.8, 4) is 0 Å². The van der Waals surface area contributed by atoms with E-state index in [-0.39, 0.29) is 16.7 Å². The molecule has 112 valence electrons. The average Bonchev–Trinajstić information content (AvgIpc) is 2.87. The van der Waals surface area contributed by atoms with Crippen molar-refractivity contribution in [2.45, 2.75) is 24.6 Å². The van der Waals surface area contributed by atoms with Crippen molar-refractivity contribution >= 4 is 33.2 Å². The van der Waals surface area contributed by atoms with Gasteiger partial charge in [0.15, 0.2) is 0 Å². The predicted octanol–water partition coefficient (Wildman–Crippen LogP) is 2.90. The minimum atomic E-state index is -3.54. The second kappa shape index (κ2) is 6.15. The fraction of sp³-hybridized carbons (Fsp3) is 0.500. The number of halogens is 3. The van der Waals surface area contributed by atoms with Gasteiger partial charge < -0.3 is 4.74 Å². The number of hydrogen-bond donors (Lipinski definition) is 1. The number of hydrogen-bond acceptors (Lipinski definition) is 3. The van der Waals surface area contributed by atoms with Crippen LogP contribution in [0.3, 0.4) is 0 Å². The predicted molar refractivity (Wildman–Crippen MR) is 76.1 cm³/mol. The Balaban J connectivity index is 2.19. The maximum atomic E-state index is 13.5. The highest BCUT2D eigenvalue weighted by Crippen LogP contribution is 2.29. The summed E-state index contributed by atoms with van der Waals surface area (Å²) in [7, 11) is -3.54. The summed E-state index contributed by atoms with van der Waals surface area (Å²) in [5.74, 6) is -0.638. The first kappa shape index (κ1) is 16.0. The number of nitrogens with one attached hydrogen (secondary N) is 1. The summed E-state index contributed by atoms with van der Waals surface area (Å²) in [6.07, 6.45) is 0.449. The zero-order valence-corrected chi connectivity index (χ0v) is 13.0. The van der Waals surface area contributed by atoms with E-state index in [1.807, 2.05) is 0 Å². The summed E-state index contributed by atoms with van der Waals surface area (Å²) < 4.78 is 45.3. The van der Waals surface area contributed by atoms with E-state index in [9.17, 15) is 12.8 Å². The van der Waals surface area contributed by atoms with E-state index in [4.69, 9.17) is 27.9 Å². The Morgan fingerprint density at radius 1 is 1.40 bits per heavy atom. The van der Waals surface area contributed by atoms with E-state index >= 15 is 0 Å². The molecule has 1 fully saturated rings. The quantitative estimate of drug-likeness (QED) is 0.856. The summed E-state index contributed by atoms with van der Waals surface area (Å²) in [5, 5.41) is -0.465. The molecule has 2 atom stereocenters. The molecule has 1 heterocycles. The lowest BCUT2D eigenvalue weighted by Crippen LogP contribution is -2.36.